The van der Waals surface area contributed by atoms with E-state index in [1.807, 2.05) is 13.0 Å². The van der Waals surface area contributed by atoms with Crippen LogP contribution in [0.3, 0.4) is 0 Å². The molecule has 0 unspecified atom stereocenters. The molecule has 1 aromatic carbocycles. The van der Waals surface area contributed by atoms with Gasteiger partial charge in [-0.2, -0.15) is 0 Å². The van der Waals surface area contributed by atoms with Crippen LogP contribution in [0, 0.1) is 0 Å². The van der Waals surface area contributed by atoms with Crippen LogP contribution in [0.1, 0.15) is 12.5 Å². The van der Waals surface area contributed by atoms with Crippen molar-refractivity contribution in [3.05, 3.63) is 23.8 Å². The van der Waals surface area contributed by atoms with E-state index >= 15 is 0 Å². The smallest absolute Gasteiger partial charge is 0.272 e. The molecular weight excluding hydrogens is 228 g/mol. The van der Waals surface area contributed by atoms with E-state index in [1.54, 1.807) is 12.1 Å². The molecule has 0 aliphatic heterocycles. The van der Waals surface area contributed by atoms with E-state index in [4.69, 9.17) is 9.47 Å². The first-order valence-corrected chi connectivity index (χ1v) is 5.46. The van der Waals surface area contributed by atoms with Crippen molar-refractivity contribution in [2.75, 3.05) is 20.3 Å². The zero-order chi connectivity index (χ0) is 12.7. The highest BCUT2D eigenvalue weighted by Gasteiger charge is 2.09. The summed E-state index contributed by atoms with van der Waals surface area (Å²) in [6.07, 6.45) is -2.49. The predicted molar refractivity (Wildman–Crippen MR) is 61.9 cm³/mol. The number of benzene rings is 1. The molecule has 0 amide bonds. The van der Waals surface area contributed by atoms with Crippen molar-refractivity contribution >= 4 is 0 Å². The van der Waals surface area contributed by atoms with Crippen LogP contribution in [-0.2, 0) is 6.54 Å². The summed E-state index contributed by atoms with van der Waals surface area (Å²) in [5, 5.41) is 3.17. The minimum atomic E-state index is -2.49. The predicted octanol–water partition coefficient (Wildman–Crippen LogP) is 2.45. The van der Waals surface area contributed by atoms with E-state index in [9.17, 15) is 8.78 Å². The van der Waals surface area contributed by atoms with Crippen molar-refractivity contribution in [2.45, 2.75) is 19.9 Å². The normalized spacial score (nSPS) is 10.6. The topological polar surface area (TPSA) is 30.5 Å². The van der Waals surface area contributed by atoms with Crippen LogP contribution >= 0.6 is 0 Å². The fourth-order valence-electron chi connectivity index (χ4n) is 1.36. The van der Waals surface area contributed by atoms with Crippen LogP contribution in [0.5, 0.6) is 11.5 Å². The van der Waals surface area contributed by atoms with Crippen LogP contribution in [0.2, 0.25) is 0 Å². The summed E-state index contributed by atoms with van der Waals surface area (Å²) in [5.74, 6) is 0.814. The summed E-state index contributed by atoms with van der Waals surface area (Å²) < 4.78 is 34.1. The molecule has 5 heteroatoms. The SMILES string of the molecule is CCNCc1ccc(OCC(F)F)c(OC)c1. The molecule has 0 aliphatic carbocycles. The first-order chi connectivity index (χ1) is 8.17. The lowest BCUT2D eigenvalue weighted by Gasteiger charge is -2.12. The van der Waals surface area contributed by atoms with Gasteiger partial charge in [0.2, 0.25) is 0 Å². The van der Waals surface area contributed by atoms with Gasteiger partial charge >= 0.3 is 0 Å². The molecule has 0 aliphatic rings. The number of methoxy groups -OCH3 is 1. The molecule has 1 aromatic rings. The lowest BCUT2D eigenvalue weighted by molar-refractivity contribution is 0.0804. The number of alkyl halides is 2. The first kappa shape index (κ1) is 13.7. The third-order valence-electron chi connectivity index (χ3n) is 2.17. The molecule has 0 fully saturated rings. The summed E-state index contributed by atoms with van der Waals surface area (Å²) in [7, 11) is 1.49. The van der Waals surface area contributed by atoms with Crippen LogP contribution < -0.4 is 14.8 Å². The Balaban J connectivity index is 2.71. The molecular formula is C12H17F2NO2. The third-order valence-corrected chi connectivity index (χ3v) is 2.17. The lowest BCUT2D eigenvalue weighted by Crippen LogP contribution is -2.12. The summed E-state index contributed by atoms with van der Waals surface area (Å²) in [5.41, 5.74) is 1.02. The summed E-state index contributed by atoms with van der Waals surface area (Å²) in [6.45, 7) is 2.97. The van der Waals surface area contributed by atoms with Gasteiger partial charge in [0.05, 0.1) is 7.11 Å². The Morgan fingerprint density at radius 1 is 1.29 bits per heavy atom. The number of hydrogen-bond donors (Lipinski definition) is 1. The van der Waals surface area contributed by atoms with Gasteiger partial charge in [-0.05, 0) is 24.2 Å². The number of nitrogens with one attached hydrogen (secondary N) is 1. The maximum Gasteiger partial charge on any atom is 0.272 e. The highest BCUT2D eigenvalue weighted by Crippen LogP contribution is 2.28. The Morgan fingerprint density at radius 3 is 2.65 bits per heavy atom. The standard InChI is InChI=1S/C12H17F2NO2/c1-3-15-7-9-4-5-10(11(6-9)16-2)17-8-12(13)14/h4-6,12,15H,3,7-8H2,1-2H3. The van der Waals surface area contributed by atoms with Crippen molar-refractivity contribution < 1.29 is 18.3 Å². The zero-order valence-corrected chi connectivity index (χ0v) is 10.0. The minimum Gasteiger partial charge on any atom is -0.493 e. The van der Waals surface area contributed by atoms with Crippen LogP contribution in [0.25, 0.3) is 0 Å². The quantitative estimate of drug-likeness (QED) is 0.800. The molecule has 17 heavy (non-hydrogen) atoms. The molecule has 0 saturated carbocycles. The minimum absolute atomic E-state index is 0.341. The average molecular weight is 245 g/mol. The average Bonchev–Trinajstić information content (AvgIpc) is 2.34. The molecule has 0 bridgehead atoms. The maximum absolute atomic E-state index is 12.0. The first-order valence-electron chi connectivity index (χ1n) is 5.46. The fourth-order valence-corrected chi connectivity index (χ4v) is 1.36. The highest BCUT2D eigenvalue weighted by atomic mass is 19.3. The van der Waals surface area contributed by atoms with Gasteiger partial charge in [-0.15, -0.1) is 0 Å². The molecule has 0 aromatic heterocycles. The second-order valence-corrected chi connectivity index (χ2v) is 3.47. The third kappa shape index (κ3) is 4.56. The second-order valence-electron chi connectivity index (χ2n) is 3.47. The Morgan fingerprint density at radius 2 is 2.06 bits per heavy atom. The fraction of sp³-hybridized carbons (Fsp3) is 0.500. The van der Waals surface area contributed by atoms with Crippen molar-refractivity contribution in [3.8, 4) is 11.5 Å². The summed E-state index contributed by atoms with van der Waals surface area (Å²) in [4.78, 5) is 0. The Bertz CT molecular complexity index is 345. The van der Waals surface area contributed by atoms with Gasteiger partial charge in [-0.3, -0.25) is 0 Å². The van der Waals surface area contributed by atoms with E-state index in [-0.39, 0.29) is 0 Å². The number of rotatable bonds is 7. The lowest BCUT2D eigenvalue weighted by atomic mass is 10.2. The van der Waals surface area contributed by atoms with E-state index in [1.165, 1.54) is 7.11 Å². The zero-order valence-electron chi connectivity index (χ0n) is 10.0. The number of ether oxygens (including phenoxy) is 2. The molecule has 0 saturated heterocycles. The molecule has 0 radical (unpaired) electrons. The summed E-state index contributed by atoms with van der Waals surface area (Å²) >= 11 is 0. The van der Waals surface area contributed by atoms with Crippen molar-refractivity contribution in [1.29, 1.82) is 0 Å². The van der Waals surface area contributed by atoms with Gasteiger partial charge in [-0.1, -0.05) is 13.0 Å². The van der Waals surface area contributed by atoms with Crippen molar-refractivity contribution in [2.24, 2.45) is 0 Å². The highest BCUT2D eigenvalue weighted by molar-refractivity contribution is 5.42. The monoisotopic (exact) mass is 245 g/mol. The van der Waals surface area contributed by atoms with E-state index < -0.39 is 13.0 Å². The molecule has 0 heterocycles. The van der Waals surface area contributed by atoms with Crippen LogP contribution in [-0.4, -0.2) is 26.7 Å². The van der Waals surface area contributed by atoms with E-state index in [0.29, 0.717) is 18.0 Å². The molecule has 3 nitrogen and oxygen atoms in total. The molecule has 96 valence electrons. The van der Waals surface area contributed by atoms with Gasteiger partial charge in [0.15, 0.2) is 11.5 Å². The molecule has 0 atom stereocenters. The van der Waals surface area contributed by atoms with Gasteiger partial charge in [0.1, 0.15) is 6.61 Å². The van der Waals surface area contributed by atoms with Crippen molar-refractivity contribution in [1.82, 2.24) is 5.32 Å². The molecule has 1 N–H and O–H groups in total. The largest absolute Gasteiger partial charge is 0.493 e. The number of hydrogen-bond acceptors (Lipinski definition) is 3. The Kier molecular flexibility index (Phi) is 5.69. The van der Waals surface area contributed by atoms with E-state index in [2.05, 4.69) is 5.32 Å². The van der Waals surface area contributed by atoms with Crippen LogP contribution in [0.15, 0.2) is 18.2 Å². The van der Waals surface area contributed by atoms with Gasteiger partial charge < -0.3 is 14.8 Å². The maximum atomic E-state index is 12.0. The van der Waals surface area contributed by atoms with Gasteiger partial charge in [0.25, 0.3) is 6.43 Å². The number of halogens is 2. The van der Waals surface area contributed by atoms with Gasteiger partial charge in [-0.25, -0.2) is 8.78 Å². The second kappa shape index (κ2) is 7.06. The van der Waals surface area contributed by atoms with E-state index in [0.717, 1.165) is 12.1 Å². The molecule has 1 rings (SSSR count). The summed E-state index contributed by atoms with van der Waals surface area (Å²) in [6, 6.07) is 5.25. The molecule has 0 spiro atoms. The van der Waals surface area contributed by atoms with Crippen molar-refractivity contribution in [3.63, 3.8) is 0 Å². The Labute approximate surface area is 99.7 Å². The van der Waals surface area contributed by atoms with Gasteiger partial charge in [0, 0.05) is 6.54 Å². The Hall–Kier alpha value is -1.36. The van der Waals surface area contributed by atoms with Crippen LogP contribution in [0.4, 0.5) is 8.78 Å².